The minimum atomic E-state index is -3.66. The number of sulfonamides is 1. The standard InChI is InChI=1S/C16H19Br2NO4S/c1-9-3-5-11(6-4-9)24(21,22)19-14-7-12-13(16(12,17)18)8-15(14)23-10(2)20/h3-6,12-15,19H,7-8H2,1-2H3/t12-,13+,14+,15+/m1/s1. The quantitative estimate of drug-likeness (QED) is 0.530. The van der Waals surface area contributed by atoms with Crippen LogP contribution in [0.2, 0.25) is 0 Å². The molecule has 2 fully saturated rings. The molecule has 2 saturated carbocycles. The molecule has 0 amide bonds. The highest BCUT2D eigenvalue weighted by atomic mass is 79.9. The second-order valence-corrected chi connectivity index (χ2v) is 12.0. The summed E-state index contributed by atoms with van der Waals surface area (Å²) in [7, 11) is -3.66. The Kier molecular flexibility index (Phi) is 4.87. The van der Waals surface area contributed by atoms with E-state index in [1.54, 1.807) is 24.3 Å². The Morgan fingerprint density at radius 2 is 1.79 bits per heavy atom. The maximum atomic E-state index is 12.6. The van der Waals surface area contributed by atoms with Gasteiger partial charge in [-0.2, -0.15) is 0 Å². The number of benzene rings is 1. The molecule has 8 heteroatoms. The summed E-state index contributed by atoms with van der Waals surface area (Å²) in [4.78, 5) is 11.6. The number of carbonyl (C=O) groups excluding carboxylic acids is 1. The van der Waals surface area contributed by atoms with Crippen molar-refractivity contribution in [1.82, 2.24) is 4.72 Å². The first-order valence-electron chi connectivity index (χ1n) is 7.75. The lowest BCUT2D eigenvalue weighted by Crippen LogP contribution is -2.47. The number of rotatable bonds is 4. The van der Waals surface area contributed by atoms with Crippen LogP contribution in [-0.4, -0.2) is 29.8 Å². The maximum absolute atomic E-state index is 12.6. The second-order valence-electron chi connectivity index (χ2n) is 6.55. The Morgan fingerprint density at radius 1 is 1.21 bits per heavy atom. The predicted molar refractivity (Wildman–Crippen MR) is 97.6 cm³/mol. The number of hydrogen-bond donors (Lipinski definition) is 1. The SMILES string of the molecule is CC(=O)O[C@H]1C[C@H]2[C@@H](C[C@@H]1NS(=O)(=O)c1ccc(C)cc1)C2(Br)Br. The highest BCUT2D eigenvalue weighted by Gasteiger charge is 2.65. The van der Waals surface area contributed by atoms with Crippen LogP contribution in [0.4, 0.5) is 0 Å². The van der Waals surface area contributed by atoms with E-state index in [0.717, 1.165) is 5.56 Å². The molecule has 5 nitrogen and oxygen atoms in total. The van der Waals surface area contributed by atoms with Crippen molar-refractivity contribution in [3.8, 4) is 0 Å². The minimum Gasteiger partial charge on any atom is -0.461 e. The number of aryl methyl sites for hydroxylation is 1. The largest absolute Gasteiger partial charge is 0.461 e. The fourth-order valence-electron chi connectivity index (χ4n) is 3.40. The molecule has 4 atom stereocenters. The van der Waals surface area contributed by atoms with Crippen LogP contribution in [0.3, 0.4) is 0 Å². The molecule has 0 saturated heterocycles. The Morgan fingerprint density at radius 3 is 2.38 bits per heavy atom. The van der Waals surface area contributed by atoms with Gasteiger partial charge >= 0.3 is 5.97 Å². The van der Waals surface area contributed by atoms with E-state index < -0.39 is 28.1 Å². The zero-order chi connectivity index (χ0) is 17.7. The zero-order valence-electron chi connectivity index (χ0n) is 13.3. The first kappa shape index (κ1) is 18.4. The van der Waals surface area contributed by atoms with Gasteiger partial charge in [-0.05, 0) is 43.7 Å². The van der Waals surface area contributed by atoms with Gasteiger partial charge in [-0.1, -0.05) is 49.6 Å². The molecule has 0 spiro atoms. The van der Waals surface area contributed by atoms with Crippen molar-refractivity contribution >= 4 is 47.9 Å². The van der Waals surface area contributed by atoms with Gasteiger partial charge in [0.25, 0.3) is 0 Å². The van der Waals surface area contributed by atoms with Crippen molar-refractivity contribution in [2.24, 2.45) is 11.8 Å². The Bertz CT molecular complexity index is 748. The van der Waals surface area contributed by atoms with E-state index in [-0.39, 0.29) is 8.13 Å². The van der Waals surface area contributed by atoms with E-state index in [9.17, 15) is 13.2 Å². The summed E-state index contributed by atoms with van der Waals surface area (Å²) < 4.78 is 33.2. The van der Waals surface area contributed by atoms with Crippen LogP contribution in [0, 0.1) is 18.8 Å². The number of esters is 1. The van der Waals surface area contributed by atoms with Gasteiger partial charge < -0.3 is 4.74 Å². The summed E-state index contributed by atoms with van der Waals surface area (Å²) in [5, 5.41) is 0. The van der Waals surface area contributed by atoms with Crippen molar-refractivity contribution in [3.05, 3.63) is 29.8 Å². The lowest BCUT2D eigenvalue weighted by Gasteiger charge is -2.30. The lowest BCUT2D eigenvalue weighted by molar-refractivity contribution is -0.149. The first-order valence-corrected chi connectivity index (χ1v) is 10.8. The molecule has 1 aromatic carbocycles. The number of halogens is 2. The molecular weight excluding hydrogens is 462 g/mol. The van der Waals surface area contributed by atoms with Gasteiger partial charge in [-0.25, -0.2) is 13.1 Å². The Labute approximate surface area is 158 Å². The van der Waals surface area contributed by atoms with Gasteiger partial charge in [0, 0.05) is 6.92 Å². The molecule has 1 N–H and O–H groups in total. The average molecular weight is 481 g/mol. The van der Waals surface area contributed by atoms with E-state index in [4.69, 9.17) is 4.74 Å². The van der Waals surface area contributed by atoms with Crippen molar-refractivity contribution in [3.63, 3.8) is 0 Å². The lowest BCUT2D eigenvalue weighted by atomic mass is 9.93. The van der Waals surface area contributed by atoms with Crippen LogP contribution in [0.5, 0.6) is 0 Å². The van der Waals surface area contributed by atoms with Gasteiger partial charge in [0.15, 0.2) is 0 Å². The summed E-state index contributed by atoms with van der Waals surface area (Å²) in [5.74, 6) is 0.255. The van der Waals surface area contributed by atoms with Gasteiger partial charge in [0.2, 0.25) is 10.0 Å². The molecule has 0 aromatic heterocycles. The third-order valence-electron chi connectivity index (χ3n) is 4.76. The van der Waals surface area contributed by atoms with Crippen LogP contribution < -0.4 is 4.72 Å². The molecule has 0 bridgehead atoms. The van der Waals surface area contributed by atoms with E-state index in [0.29, 0.717) is 24.7 Å². The topological polar surface area (TPSA) is 72.5 Å². The summed E-state index contributed by atoms with van der Waals surface area (Å²) >= 11 is 7.26. The number of ether oxygens (including phenoxy) is 1. The number of hydrogen-bond acceptors (Lipinski definition) is 4. The molecule has 3 rings (SSSR count). The highest BCUT2D eigenvalue weighted by Crippen LogP contribution is 2.67. The molecule has 0 heterocycles. The Balaban J connectivity index is 1.80. The molecule has 1 aromatic rings. The summed E-state index contributed by atoms with van der Waals surface area (Å²) in [5.41, 5.74) is 0.994. The molecule has 132 valence electrons. The average Bonchev–Trinajstić information content (AvgIpc) is 2.99. The van der Waals surface area contributed by atoms with Crippen molar-refractivity contribution < 1.29 is 17.9 Å². The summed E-state index contributed by atoms with van der Waals surface area (Å²) in [6.07, 6.45) is 0.785. The van der Waals surface area contributed by atoms with Crippen LogP contribution in [0.1, 0.15) is 25.3 Å². The monoisotopic (exact) mass is 479 g/mol. The molecular formula is C16H19Br2NO4S. The van der Waals surface area contributed by atoms with Crippen LogP contribution >= 0.6 is 31.9 Å². The zero-order valence-corrected chi connectivity index (χ0v) is 17.3. The predicted octanol–water partition coefficient (Wildman–Crippen LogP) is 3.10. The minimum absolute atomic E-state index is 0.178. The smallest absolute Gasteiger partial charge is 0.302 e. The molecule has 24 heavy (non-hydrogen) atoms. The Hall–Kier alpha value is -0.440. The molecule has 0 unspecified atom stereocenters. The number of fused-ring (bicyclic) bond motifs is 1. The number of alkyl halides is 2. The fourth-order valence-corrected chi connectivity index (χ4v) is 6.43. The van der Waals surface area contributed by atoms with Gasteiger partial charge in [-0.3, -0.25) is 4.79 Å². The van der Waals surface area contributed by atoms with Crippen molar-refractivity contribution in [2.75, 3.05) is 0 Å². The molecule has 2 aliphatic carbocycles. The number of nitrogens with one attached hydrogen (secondary N) is 1. The van der Waals surface area contributed by atoms with Crippen LogP contribution in [0.25, 0.3) is 0 Å². The number of carbonyl (C=O) groups is 1. The van der Waals surface area contributed by atoms with Crippen LogP contribution in [-0.2, 0) is 19.6 Å². The second kappa shape index (κ2) is 6.37. The maximum Gasteiger partial charge on any atom is 0.302 e. The van der Waals surface area contributed by atoms with E-state index in [1.807, 2.05) is 6.92 Å². The third-order valence-corrected chi connectivity index (χ3v) is 8.62. The van der Waals surface area contributed by atoms with E-state index >= 15 is 0 Å². The van der Waals surface area contributed by atoms with E-state index in [1.165, 1.54) is 6.92 Å². The summed E-state index contributed by atoms with van der Waals surface area (Å²) in [6, 6.07) is 6.26. The van der Waals surface area contributed by atoms with Crippen LogP contribution in [0.15, 0.2) is 29.2 Å². The third kappa shape index (κ3) is 3.57. The molecule has 2 aliphatic rings. The van der Waals surface area contributed by atoms with Gasteiger partial charge in [-0.15, -0.1) is 0 Å². The fraction of sp³-hybridized carbons (Fsp3) is 0.562. The molecule has 0 aliphatic heterocycles. The van der Waals surface area contributed by atoms with Crippen molar-refractivity contribution in [1.29, 1.82) is 0 Å². The highest BCUT2D eigenvalue weighted by molar-refractivity contribution is 9.25. The first-order chi connectivity index (χ1) is 11.1. The van der Waals surface area contributed by atoms with E-state index in [2.05, 4.69) is 36.6 Å². The van der Waals surface area contributed by atoms with Gasteiger partial charge in [0.1, 0.15) is 6.10 Å². The molecule has 0 radical (unpaired) electrons. The van der Waals surface area contributed by atoms with Crippen molar-refractivity contribution in [2.45, 2.75) is 47.0 Å². The van der Waals surface area contributed by atoms with Gasteiger partial charge in [0.05, 0.1) is 14.2 Å². The summed E-state index contributed by atoms with van der Waals surface area (Å²) in [6.45, 7) is 3.25. The normalized spacial score (nSPS) is 31.2.